The van der Waals surface area contributed by atoms with Crippen molar-refractivity contribution in [3.8, 4) is 11.4 Å². The Hall–Kier alpha value is -1.98. The first-order chi connectivity index (χ1) is 9.13. The summed E-state index contributed by atoms with van der Waals surface area (Å²) in [5, 5.41) is 11.8. The number of nitrogens with zero attached hydrogens (tertiary/aromatic N) is 4. The van der Waals surface area contributed by atoms with E-state index in [0.29, 0.717) is 29.0 Å². The third-order valence-electron chi connectivity index (χ3n) is 3.68. The van der Waals surface area contributed by atoms with Gasteiger partial charge in [0.1, 0.15) is 5.82 Å². The van der Waals surface area contributed by atoms with Crippen molar-refractivity contribution in [3.05, 3.63) is 24.0 Å². The third-order valence-corrected chi connectivity index (χ3v) is 3.68. The van der Waals surface area contributed by atoms with Crippen molar-refractivity contribution in [2.24, 2.45) is 5.92 Å². The van der Waals surface area contributed by atoms with Crippen LogP contribution in [-0.4, -0.2) is 20.2 Å². The number of hydrogen-bond donors (Lipinski definition) is 1. The van der Waals surface area contributed by atoms with E-state index in [9.17, 15) is 4.39 Å². The van der Waals surface area contributed by atoms with Gasteiger partial charge in [0.2, 0.25) is 0 Å². The number of rotatable bonds is 2. The molecule has 100 valence electrons. The smallest absolute Gasteiger partial charge is 0.182 e. The van der Waals surface area contributed by atoms with E-state index in [-0.39, 0.29) is 5.82 Å². The van der Waals surface area contributed by atoms with E-state index in [1.165, 1.54) is 18.6 Å². The molecule has 0 aliphatic heterocycles. The molecule has 5 nitrogen and oxygen atoms in total. The number of hydrogen-bond acceptors (Lipinski definition) is 4. The lowest BCUT2D eigenvalue weighted by atomic mass is 10.1. The second-order valence-corrected chi connectivity index (χ2v) is 5.29. The van der Waals surface area contributed by atoms with E-state index >= 15 is 0 Å². The highest BCUT2D eigenvalue weighted by Gasteiger charge is 2.26. The maximum atomic E-state index is 13.4. The van der Waals surface area contributed by atoms with Gasteiger partial charge in [0.15, 0.2) is 5.82 Å². The molecule has 2 atom stereocenters. The van der Waals surface area contributed by atoms with Gasteiger partial charge in [0.25, 0.3) is 0 Å². The number of nitrogen functional groups attached to an aromatic ring is 1. The van der Waals surface area contributed by atoms with Crippen LogP contribution < -0.4 is 5.73 Å². The SMILES string of the molecule is CC1CCC(n2nnnc2-c2cc(N)cc(F)c2)C1. The predicted octanol–water partition coefficient (Wildman–Crippen LogP) is 2.42. The van der Waals surface area contributed by atoms with Gasteiger partial charge < -0.3 is 5.73 Å². The second kappa shape index (κ2) is 4.60. The third kappa shape index (κ3) is 2.30. The topological polar surface area (TPSA) is 69.6 Å². The van der Waals surface area contributed by atoms with Crippen LogP contribution in [0.3, 0.4) is 0 Å². The zero-order chi connectivity index (χ0) is 13.4. The Morgan fingerprint density at radius 2 is 2.16 bits per heavy atom. The van der Waals surface area contributed by atoms with Gasteiger partial charge in [-0.25, -0.2) is 9.07 Å². The molecule has 19 heavy (non-hydrogen) atoms. The van der Waals surface area contributed by atoms with Gasteiger partial charge in [-0.15, -0.1) is 5.10 Å². The maximum absolute atomic E-state index is 13.4. The minimum Gasteiger partial charge on any atom is -0.399 e. The lowest BCUT2D eigenvalue weighted by molar-refractivity contribution is 0.443. The van der Waals surface area contributed by atoms with E-state index < -0.39 is 0 Å². The summed E-state index contributed by atoms with van der Waals surface area (Å²) >= 11 is 0. The molecule has 6 heteroatoms. The van der Waals surface area contributed by atoms with Crippen molar-refractivity contribution in [2.75, 3.05) is 5.73 Å². The van der Waals surface area contributed by atoms with Gasteiger partial charge in [0, 0.05) is 11.3 Å². The zero-order valence-electron chi connectivity index (χ0n) is 10.8. The van der Waals surface area contributed by atoms with Crippen LogP contribution in [-0.2, 0) is 0 Å². The molecule has 0 bridgehead atoms. The molecule has 2 unspecified atom stereocenters. The predicted molar refractivity (Wildman–Crippen MR) is 69.7 cm³/mol. The fraction of sp³-hybridized carbons (Fsp3) is 0.462. The molecule has 1 aromatic carbocycles. The minimum absolute atomic E-state index is 0.296. The molecule has 0 saturated heterocycles. The van der Waals surface area contributed by atoms with Gasteiger partial charge in [-0.3, -0.25) is 0 Å². The Morgan fingerprint density at radius 1 is 1.32 bits per heavy atom. The fourth-order valence-electron chi connectivity index (χ4n) is 2.77. The zero-order valence-corrected chi connectivity index (χ0v) is 10.8. The summed E-state index contributed by atoms with van der Waals surface area (Å²) in [6.07, 6.45) is 3.29. The molecule has 1 fully saturated rings. The summed E-state index contributed by atoms with van der Waals surface area (Å²) in [6, 6.07) is 4.69. The standard InChI is InChI=1S/C13H16FN5/c1-8-2-3-12(4-8)19-13(16-17-18-19)9-5-10(14)7-11(15)6-9/h5-8,12H,2-4,15H2,1H3. The quantitative estimate of drug-likeness (QED) is 0.843. The van der Waals surface area contributed by atoms with Crippen LogP contribution in [0.1, 0.15) is 32.2 Å². The Kier molecular flexibility index (Phi) is 2.93. The molecule has 1 aliphatic rings. The Bertz CT molecular complexity index is 574. The van der Waals surface area contributed by atoms with Crippen LogP contribution in [0.5, 0.6) is 0 Å². The lowest BCUT2D eigenvalue weighted by Gasteiger charge is -2.12. The molecule has 1 aliphatic carbocycles. The average molecular weight is 261 g/mol. The van der Waals surface area contributed by atoms with Crippen LogP contribution in [0.25, 0.3) is 11.4 Å². The van der Waals surface area contributed by atoms with Gasteiger partial charge >= 0.3 is 0 Å². The van der Waals surface area contributed by atoms with Crippen molar-refractivity contribution >= 4 is 5.69 Å². The molecule has 1 aromatic heterocycles. The number of tetrazole rings is 1. The molecule has 2 aromatic rings. The molecular formula is C13H16FN5. The van der Waals surface area contributed by atoms with Crippen molar-refractivity contribution in [3.63, 3.8) is 0 Å². The Balaban J connectivity index is 1.99. The highest BCUT2D eigenvalue weighted by molar-refractivity contribution is 5.61. The lowest BCUT2D eigenvalue weighted by Crippen LogP contribution is -2.09. The number of aromatic nitrogens is 4. The number of halogens is 1. The van der Waals surface area contributed by atoms with Gasteiger partial charge in [-0.05, 0) is 53.8 Å². The van der Waals surface area contributed by atoms with E-state index in [4.69, 9.17) is 5.73 Å². The molecule has 0 spiro atoms. The second-order valence-electron chi connectivity index (χ2n) is 5.29. The Morgan fingerprint density at radius 3 is 2.84 bits per heavy atom. The first-order valence-corrected chi connectivity index (χ1v) is 6.48. The number of anilines is 1. The first kappa shape index (κ1) is 12.1. The highest BCUT2D eigenvalue weighted by Crippen LogP contribution is 2.35. The summed E-state index contributed by atoms with van der Waals surface area (Å²) in [6.45, 7) is 2.23. The summed E-state index contributed by atoms with van der Waals surface area (Å²) in [4.78, 5) is 0. The first-order valence-electron chi connectivity index (χ1n) is 6.48. The van der Waals surface area contributed by atoms with E-state index in [1.54, 1.807) is 10.7 Å². The minimum atomic E-state index is -0.371. The van der Waals surface area contributed by atoms with E-state index in [2.05, 4.69) is 22.4 Å². The summed E-state index contributed by atoms with van der Waals surface area (Å²) in [5.41, 5.74) is 6.68. The summed E-state index contributed by atoms with van der Waals surface area (Å²) < 4.78 is 15.2. The molecule has 0 amide bonds. The van der Waals surface area contributed by atoms with Crippen LogP contribution in [0.15, 0.2) is 18.2 Å². The monoisotopic (exact) mass is 261 g/mol. The maximum Gasteiger partial charge on any atom is 0.182 e. The van der Waals surface area contributed by atoms with Gasteiger partial charge in [-0.1, -0.05) is 6.92 Å². The van der Waals surface area contributed by atoms with E-state index in [0.717, 1.165) is 12.8 Å². The van der Waals surface area contributed by atoms with Gasteiger partial charge in [0.05, 0.1) is 6.04 Å². The van der Waals surface area contributed by atoms with Crippen molar-refractivity contribution in [1.29, 1.82) is 0 Å². The molecule has 1 heterocycles. The molecule has 1 saturated carbocycles. The van der Waals surface area contributed by atoms with Gasteiger partial charge in [-0.2, -0.15) is 0 Å². The highest BCUT2D eigenvalue weighted by atomic mass is 19.1. The van der Waals surface area contributed by atoms with E-state index in [1.807, 2.05) is 0 Å². The van der Waals surface area contributed by atoms with Crippen LogP contribution in [0.4, 0.5) is 10.1 Å². The van der Waals surface area contributed by atoms with Crippen molar-refractivity contribution in [1.82, 2.24) is 20.2 Å². The molecule has 2 N–H and O–H groups in total. The van der Waals surface area contributed by atoms with Crippen LogP contribution in [0.2, 0.25) is 0 Å². The number of benzene rings is 1. The Labute approximate surface area is 110 Å². The normalized spacial score (nSPS) is 22.8. The van der Waals surface area contributed by atoms with Crippen molar-refractivity contribution in [2.45, 2.75) is 32.2 Å². The molecule has 3 rings (SSSR count). The fourth-order valence-corrected chi connectivity index (χ4v) is 2.77. The summed E-state index contributed by atoms with van der Waals surface area (Å²) in [7, 11) is 0. The van der Waals surface area contributed by atoms with Crippen molar-refractivity contribution < 1.29 is 4.39 Å². The molecule has 0 radical (unpaired) electrons. The van der Waals surface area contributed by atoms with Crippen LogP contribution in [0, 0.1) is 11.7 Å². The average Bonchev–Trinajstić information content (AvgIpc) is 2.95. The van der Waals surface area contributed by atoms with Crippen LogP contribution >= 0.6 is 0 Å². The number of nitrogens with two attached hydrogens (primary N) is 1. The summed E-state index contributed by atoms with van der Waals surface area (Å²) in [5.74, 6) is 0.897. The largest absolute Gasteiger partial charge is 0.399 e. The molecular weight excluding hydrogens is 245 g/mol.